The van der Waals surface area contributed by atoms with E-state index in [1.165, 1.54) is 18.4 Å². The lowest BCUT2D eigenvalue weighted by Gasteiger charge is -2.28. The van der Waals surface area contributed by atoms with E-state index in [-0.39, 0.29) is 6.04 Å². The van der Waals surface area contributed by atoms with E-state index in [1.807, 2.05) is 12.1 Å². The highest BCUT2D eigenvalue weighted by Gasteiger charge is 2.21. The molecular weight excluding hydrogens is 293 g/mol. The number of benzene rings is 1. The van der Waals surface area contributed by atoms with Crippen molar-refractivity contribution in [3.63, 3.8) is 0 Å². The van der Waals surface area contributed by atoms with Crippen molar-refractivity contribution >= 4 is 23.2 Å². The van der Waals surface area contributed by atoms with Gasteiger partial charge in [-0.3, -0.25) is 0 Å². The standard InChI is InChI=1S/C16H23Cl2NO/c1-2-8-19-16(11-13-5-3-4-9-20-13)12-6-7-14(17)15(18)10-12/h6-7,10,13,16,19H,2-5,8-9,11H2,1H3. The second-order valence-electron chi connectivity index (χ2n) is 5.40. The quantitative estimate of drug-likeness (QED) is 0.798. The van der Waals surface area contributed by atoms with E-state index in [0.29, 0.717) is 16.1 Å². The highest BCUT2D eigenvalue weighted by atomic mass is 35.5. The summed E-state index contributed by atoms with van der Waals surface area (Å²) in [6, 6.07) is 6.19. The predicted molar refractivity (Wildman–Crippen MR) is 85.7 cm³/mol. The molecule has 1 aliphatic heterocycles. The SMILES string of the molecule is CCCNC(CC1CCCCO1)c1ccc(Cl)c(Cl)c1. The van der Waals surface area contributed by atoms with Crippen LogP contribution in [0.3, 0.4) is 0 Å². The lowest BCUT2D eigenvalue weighted by molar-refractivity contribution is 0.00505. The van der Waals surface area contributed by atoms with Gasteiger partial charge >= 0.3 is 0 Å². The topological polar surface area (TPSA) is 21.3 Å². The zero-order valence-corrected chi connectivity index (χ0v) is 13.5. The minimum absolute atomic E-state index is 0.285. The summed E-state index contributed by atoms with van der Waals surface area (Å²) in [4.78, 5) is 0. The Bertz CT molecular complexity index is 419. The highest BCUT2D eigenvalue weighted by molar-refractivity contribution is 6.42. The van der Waals surface area contributed by atoms with Crippen molar-refractivity contribution in [2.45, 2.75) is 51.2 Å². The molecule has 2 nitrogen and oxygen atoms in total. The van der Waals surface area contributed by atoms with Gasteiger partial charge in [0, 0.05) is 12.6 Å². The number of hydrogen-bond donors (Lipinski definition) is 1. The third-order valence-electron chi connectivity index (χ3n) is 3.76. The third-order valence-corrected chi connectivity index (χ3v) is 4.50. The van der Waals surface area contributed by atoms with Crippen molar-refractivity contribution in [1.29, 1.82) is 0 Å². The average molecular weight is 316 g/mol. The maximum Gasteiger partial charge on any atom is 0.0595 e. The molecule has 112 valence electrons. The summed E-state index contributed by atoms with van der Waals surface area (Å²) in [5.41, 5.74) is 1.20. The molecule has 2 rings (SSSR count). The van der Waals surface area contributed by atoms with Crippen LogP contribution in [0.4, 0.5) is 0 Å². The first kappa shape index (κ1) is 16.1. The van der Waals surface area contributed by atoms with Gasteiger partial charge in [-0.25, -0.2) is 0 Å². The van der Waals surface area contributed by atoms with Crippen LogP contribution in [0.5, 0.6) is 0 Å². The number of rotatable bonds is 6. The van der Waals surface area contributed by atoms with Crippen LogP contribution in [0.2, 0.25) is 10.0 Å². The first-order valence-electron chi connectivity index (χ1n) is 7.50. The molecule has 20 heavy (non-hydrogen) atoms. The molecular formula is C16H23Cl2NO. The van der Waals surface area contributed by atoms with Crippen molar-refractivity contribution < 1.29 is 4.74 Å². The molecule has 2 unspecified atom stereocenters. The maximum absolute atomic E-state index is 6.14. The van der Waals surface area contributed by atoms with E-state index >= 15 is 0 Å². The molecule has 0 aromatic heterocycles. The van der Waals surface area contributed by atoms with E-state index in [2.05, 4.69) is 18.3 Å². The number of ether oxygens (including phenoxy) is 1. The minimum Gasteiger partial charge on any atom is -0.378 e. The molecule has 0 spiro atoms. The second kappa shape index (κ2) is 8.23. The van der Waals surface area contributed by atoms with E-state index in [4.69, 9.17) is 27.9 Å². The van der Waals surface area contributed by atoms with Gasteiger partial charge < -0.3 is 10.1 Å². The van der Waals surface area contributed by atoms with Gasteiger partial charge in [0.1, 0.15) is 0 Å². The van der Waals surface area contributed by atoms with Crippen molar-refractivity contribution in [2.75, 3.05) is 13.2 Å². The molecule has 0 aliphatic carbocycles. The summed E-state index contributed by atoms with van der Waals surface area (Å²) >= 11 is 12.1. The first-order valence-corrected chi connectivity index (χ1v) is 8.26. The molecule has 1 fully saturated rings. The normalized spacial score (nSPS) is 20.9. The van der Waals surface area contributed by atoms with Gasteiger partial charge in [-0.2, -0.15) is 0 Å². The van der Waals surface area contributed by atoms with Gasteiger partial charge in [0.25, 0.3) is 0 Å². The Balaban J connectivity index is 2.06. The van der Waals surface area contributed by atoms with Gasteiger partial charge in [-0.05, 0) is 56.3 Å². The largest absolute Gasteiger partial charge is 0.378 e. The summed E-state index contributed by atoms with van der Waals surface area (Å²) in [6.07, 6.45) is 6.09. The van der Waals surface area contributed by atoms with Crippen LogP contribution in [0, 0.1) is 0 Å². The van der Waals surface area contributed by atoms with Crippen molar-refractivity contribution in [1.82, 2.24) is 5.32 Å². The fourth-order valence-electron chi connectivity index (χ4n) is 2.64. The number of nitrogens with one attached hydrogen (secondary N) is 1. The van der Waals surface area contributed by atoms with Crippen molar-refractivity contribution in [3.05, 3.63) is 33.8 Å². The van der Waals surface area contributed by atoms with E-state index < -0.39 is 0 Å². The molecule has 0 bridgehead atoms. The van der Waals surface area contributed by atoms with Crippen molar-refractivity contribution in [3.8, 4) is 0 Å². The first-order chi connectivity index (χ1) is 9.70. The molecule has 0 amide bonds. The van der Waals surface area contributed by atoms with Crippen LogP contribution < -0.4 is 5.32 Å². The molecule has 1 heterocycles. The Kier molecular flexibility index (Phi) is 6.63. The summed E-state index contributed by atoms with van der Waals surface area (Å²) in [6.45, 7) is 4.07. The molecule has 4 heteroatoms. The summed E-state index contributed by atoms with van der Waals surface area (Å²) in [5, 5.41) is 4.83. The Hall–Kier alpha value is -0.280. The molecule has 0 saturated carbocycles. The van der Waals surface area contributed by atoms with Crippen LogP contribution in [0.25, 0.3) is 0 Å². The summed E-state index contributed by atoms with van der Waals surface area (Å²) in [7, 11) is 0. The van der Waals surface area contributed by atoms with E-state index in [1.54, 1.807) is 0 Å². The average Bonchev–Trinajstić information content (AvgIpc) is 2.47. The highest BCUT2D eigenvalue weighted by Crippen LogP contribution is 2.29. The third kappa shape index (κ3) is 4.63. The van der Waals surface area contributed by atoms with Gasteiger partial charge in [-0.1, -0.05) is 36.2 Å². The molecule has 1 aliphatic rings. The number of hydrogen-bond acceptors (Lipinski definition) is 2. The van der Waals surface area contributed by atoms with Crippen LogP contribution in [0.1, 0.15) is 50.6 Å². The van der Waals surface area contributed by atoms with Crippen LogP contribution in [-0.2, 0) is 4.74 Å². The Morgan fingerprint density at radius 3 is 2.80 bits per heavy atom. The zero-order valence-electron chi connectivity index (χ0n) is 12.0. The fraction of sp³-hybridized carbons (Fsp3) is 0.625. The molecule has 1 saturated heterocycles. The molecule has 0 radical (unpaired) electrons. The van der Waals surface area contributed by atoms with Gasteiger partial charge in [-0.15, -0.1) is 0 Å². The smallest absolute Gasteiger partial charge is 0.0595 e. The molecule has 1 aromatic carbocycles. The second-order valence-corrected chi connectivity index (χ2v) is 6.22. The Morgan fingerprint density at radius 2 is 2.15 bits per heavy atom. The number of halogens is 2. The van der Waals surface area contributed by atoms with E-state index in [9.17, 15) is 0 Å². The van der Waals surface area contributed by atoms with Gasteiger partial charge in [0.15, 0.2) is 0 Å². The predicted octanol–water partition coefficient (Wildman–Crippen LogP) is 4.99. The Morgan fingerprint density at radius 1 is 1.30 bits per heavy atom. The minimum atomic E-state index is 0.285. The molecule has 2 atom stereocenters. The molecule has 1 aromatic rings. The van der Waals surface area contributed by atoms with Gasteiger partial charge in [0.2, 0.25) is 0 Å². The van der Waals surface area contributed by atoms with Crippen molar-refractivity contribution in [2.24, 2.45) is 0 Å². The maximum atomic E-state index is 6.14. The zero-order chi connectivity index (χ0) is 14.4. The lowest BCUT2D eigenvalue weighted by atomic mass is 9.96. The lowest BCUT2D eigenvalue weighted by Crippen LogP contribution is -2.29. The monoisotopic (exact) mass is 315 g/mol. The molecule has 1 N–H and O–H groups in total. The van der Waals surface area contributed by atoms with E-state index in [0.717, 1.165) is 32.4 Å². The fourth-order valence-corrected chi connectivity index (χ4v) is 2.95. The van der Waals surface area contributed by atoms with Gasteiger partial charge in [0.05, 0.1) is 16.1 Å². The van der Waals surface area contributed by atoms with Crippen LogP contribution in [-0.4, -0.2) is 19.3 Å². The van der Waals surface area contributed by atoms with Crippen LogP contribution in [0.15, 0.2) is 18.2 Å². The Labute approximate surface area is 131 Å². The summed E-state index contributed by atoms with van der Waals surface area (Å²) in [5.74, 6) is 0. The summed E-state index contributed by atoms with van der Waals surface area (Å²) < 4.78 is 5.86. The van der Waals surface area contributed by atoms with Crippen LogP contribution >= 0.6 is 23.2 Å².